The first-order valence-corrected chi connectivity index (χ1v) is 13.9. The maximum atomic E-state index is 13.6. The van der Waals surface area contributed by atoms with Crippen molar-refractivity contribution in [3.05, 3.63) is 94.0 Å². The van der Waals surface area contributed by atoms with Crippen LogP contribution in [0.1, 0.15) is 51.0 Å². The molecule has 5 rings (SSSR count). The zero-order valence-corrected chi connectivity index (χ0v) is 22.9. The van der Waals surface area contributed by atoms with Gasteiger partial charge in [-0.25, -0.2) is 0 Å². The fraction of sp³-hybridized carbons (Fsp3) is 0.394. The van der Waals surface area contributed by atoms with Crippen molar-refractivity contribution < 1.29 is 4.79 Å². The molecule has 3 aromatic carbocycles. The number of carbonyl (C=O) groups excluding carboxylic acids is 1. The lowest BCUT2D eigenvalue weighted by Crippen LogP contribution is -2.49. The molecule has 0 radical (unpaired) electrons. The number of hydrogen-bond donors (Lipinski definition) is 0. The van der Waals surface area contributed by atoms with E-state index in [0.717, 1.165) is 49.4 Å². The largest absolute Gasteiger partial charge is 0.372 e. The number of amides is 1. The third-order valence-electron chi connectivity index (χ3n) is 8.34. The highest BCUT2D eigenvalue weighted by atomic mass is 16.2. The summed E-state index contributed by atoms with van der Waals surface area (Å²) in [6.07, 6.45) is 3.39. The van der Waals surface area contributed by atoms with Crippen LogP contribution < -0.4 is 9.80 Å². The molecule has 0 aromatic heterocycles. The van der Waals surface area contributed by atoms with Crippen molar-refractivity contribution >= 4 is 17.3 Å². The molecule has 0 N–H and O–H groups in total. The molecule has 2 heterocycles. The van der Waals surface area contributed by atoms with Crippen LogP contribution >= 0.6 is 0 Å². The molecule has 2 aliphatic heterocycles. The lowest BCUT2D eigenvalue weighted by molar-refractivity contribution is 0.0746. The standard InChI is InChI=1S/C33H38N4O/c1-24-7-6-9-30(19-24)35-13-11-27(12-14-35)21-29-22-31(26(3)20-25(29)2)33(38)37-17-15-36(16-18-37)32-10-5-4-8-28(32)23-34/h4-10,19-20,22,27H,11-18,21H2,1-3H3. The number of piperazine rings is 1. The fourth-order valence-electron chi connectivity index (χ4n) is 6.04. The number of carbonyl (C=O) groups is 1. The molecule has 0 bridgehead atoms. The molecule has 3 aromatic rings. The van der Waals surface area contributed by atoms with E-state index in [1.54, 1.807) is 0 Å². The van der Waals surface area contributed by atoms with Gasteiger partial charge in [0.1, 0.15) is 6.07 Å². The molecule has 2 aliphatic rings. The van der Waals surface area contributed by atoms with Crippen molar-refractivity contribution in [3.8, 4) is 6.07 Å². The molecule has 38 heavy (non-hydrogen) atoms. The highest BCUT2D eigenvalue weighted by molar-refractivity contribution is 5.96. The highest BCUT2D eigenvalue weighted by Crippen LogP contribution is 2.29. The van der Waals surface area contributed by atoms with Gasteiger partial charge in [0.15, 0.2) is 0 Å². The number of benzene rings is 3. The van der Waals surface area contributed by atoms with Crippen molar-refractivity contribution in [3.63, 3.8) is 0 Å². The summed E-state index contributed by atoms with van der Waals surface area (Å²) in [5, 5.41) is 9.47. The average Bonchev–Trinajstić information content (AvgIpc) is 2.94. The van der Waals surface area contributed by atoms with Crippen LogP contribution in [0.25, 0.3) is 0 Å². The van der Waals surface area contributed by atoms with Crippen molar-refractivity contribution in [1.82, 2.24) is 4.90 Å². The zero-order chi connectivity index (χ0) is 26.6. The first-order chi connectivity index (χ1) is 18.4. The Morgan fingerprint density at radius 3 is 2.29 bits per heavy atom. The second-order valence-corrected chi connectivity index (χ2v) is 11.0. The minimum absolute atomic E-state index is 0.131. The van der Waals surface area contributed by atoms with Gasteiger partial charge in [0.05, 0.1) is 11.3 Å². The summed E-state index contributed by atoms with van der Waals surface area (Å²) in [5.74, 6) is 0.774. The van der Waals surface area contributed by atoms with E-state index in [0.29, 0.717) is 24.6 Å². The Morgan fingerprint density at radius 1 is 0.842 bits per heavy atom. The summed E-state index contributed by atoms with van der Waals surface area (Å²) >= 11 is 0. The fourth-order valence-corrected chi connectivity index (χ4v) is 6.04. The molecular formula is C33H38N4O. The molecule has 0 atom stereocenters. The molecule has 196 valence electrons. The summed E-state index contributed by atoms with van der Waals surface area (Å²) in [4.78, 5) is 20.3. The Balaban J connectivity index is 1.22. The number of piperidine rings is 1. The van der Waals surface area contributed by atoms with Crippen LogP contribution in [0.4, 0.5) is 11.4 Å². The van der Waals surface area contributed by atoms with Gasteiger partial charge in [-0.2, -0.15) is 5.26 Å². The Labute approximate surface area is 227 Å². The van der Waals surface area contributed by atoms with Gasteiger partial charge in [-0.1, -0.05) is 30.3 Å². The first kappa shape index (κ1) is 25.9. The van der Waals surface area contributed by atoms with Crippen LogP contribution in [-0.2, 0) is 6.42 Å². The van der Waals surface area contributed by atoms with E-state index < -0.39 is 0 Å². The number of hydrogen-bond acceptors (Lipinski definition) is 4. The summed E-state index contributed by atoms with van der Waals surface area (Å²) in [6, 6.07) is 23.2. The molecule has 0 saturated carbocycles. The van der Waals surface area contributed by atoms with E-state index in [1.165, 1.54) is 35.2 Å². The SMILES string of the molecule is Cc1cccc(N2CCC(Cc3cc(C(=O)N4CCN(c5ccccc5C#N)CC4)c(C)cc3C)CC2)c1. The summed E-state index contributed by atoms with van der Waals surface area (Å²) in [6.45, 7) is 11.4. The Kier molecular flexibility index (Phi) is 7.69. The van der Waals surface area contributed by atoms with E-state index in [9.17, 15) is 10.1 Å². The highest BCUT2D eigenvalue weighted by Gasteiger charge is 2.26. The van der Waals surface area contributed by atoms with Crippen LogP contribution in [0.2, 0.25) is 0 Å². The zero-order valence-electron chi connectivity index (χ0n) is 22.9. The van der Waals surface area contributed by atoms with Gasteiger partial charge in [-0.3, -0.25) is 4.79 Å². The molecule has 2 fully saturated rings. The van der Waals surface area contributed by atoms with Crippen LogP contribution in [0.5, 0.6) is 0 Å². The molecule has 0 unspecified atom stereocenters. The summed E-state index contributed by atoms with van der Waals surface area (Å²) in [5.41, 5.74) is 8.80. The predicted molar refractivity (Wildman–Crippen MR) is 155 cm³/mol. The third-order valence-corrected chi connectivity index (χ3v) is 8.34. The predicted octanol–water partition coefficient (Wildman–Crippen LogP) is 5.91. The lowest BCUT2D eigenvalue weighted by Gasteiger charge is -2.37. The molecule has 2 saturated heterocycles. The van der Waals surface area contributed by atoms with E-state index in [1.807, 2.05) is 29.2 Å². The van der Waals surface area contributed by atoms with Crippen molar-refractivity contribution in [2.45, 2.75) is 40.0 Å². The third kappa shape index (κ3) is 5.55. The normalized spacial score (nSPS) is 16.4. The Hall–Kier alpha value is -3.78. The molecule has 1 amide bonds. The number of nitriles is 1. The molecule has 5 heteroatoms. The molecule has 0 spiro atoms. The van der Waals surface area contributed by atoms with Crippen LogP contribution in [0, 0.1) is 38.0 Å². The first-order valence-electron chi connectivity index (χ1n) is 13.9. The monoisotopic (exact) mass is 506 g/mol. The van der Waals surface area contributed by atoms with Gasteiger partial charge in [-0.05, 0) is 98.5 Å². The van der Waals surface area contributed by atoms with Crippen LogP contribution in [0.15, 0.2) is 60.7 Å². The smallest absolute Gasteiger partial charge is 0.254 e. The summed E-state index contributed by atoms with van der Waals surface area (Å²) in [7, 11) is 0. The van der Waals surface area contributed by atoms with Crippen LogP contribution in [-0.4, -0.2) is 50.1 Å². The minimum atomic E-state index is 0.131. The van der Waals surface area contributed by atoms with E-state index in [2.05, 4.69) is 73.0 Å². The Bertz CT molecular complexity index is 1340. The van der Waals surface area contributed by atoms with Gasteiger partial charge >= 0.3 is 0 Å². The van der Waals surface area contributed by atoms with E-state index in [4.69, 9.17) is 0 Å². The number of para-hydroxylation sites is 1. The van der Waals surface area contributed by atoms with Crippen molar-refractivity contribution in [1.29, 1.82) is 5.26 Å². The van der Waals surface area contributed by atoms with Crippen molar-refractivity contribution in [2.75, 3.05) is 49.1 Å². The summed E-state index contributed by atoms with van der Waals surface area (Å²) < 4.78 is 0. The molecular weight excluding hydrogens is 468 g/mol. The quantitative estimate of drug-likeness (QED) is 0.432. The maximum absolute atomic E-state index is 13.6. The lowest BCUT2D eigenvalue weighted by atomic mass is 9.86. The average molecular weight is 507 g/mol. The van der Waals surface area contributed by atoms with Crippen molar-refractivity contribution in [2.24, 2.45) is 5.92 Å². The van der Waals surface area contributed by atoms with E-state index >= 15 is 0 Å². The number of anilines is 2. The van der Waals surface area contributed by atoms with E-state index in [-0.39, 0.29) is 5.91 Å². The van der Waals surface area contributed by atoms with Gasteiger partial charge in [0.25, 0.3) is 5.91 Å². The van der Waals surface area contributed by atoms with Gasteiger partial charge < -0.3 is 14.7 Å². The number of rotatable bonds is 5. The molecule has 0 aliphatic carbocycles. The topological polar surface area (TPSA) is 50.6 Å². The van der Waals surface area contributed by atoms with Gasteiger partial charge in [0.2, 0.25) is 0 Å². The minimum Gasteiger partial charge on any atom is -0.372 e. The maximum Gasteiger partial charge on any atom is 0.254 e. The number of nitrogens with zero attached hydrogens (tertiary/aromatic N) is 4. The van der Waals surface area contributed by atoms with Gasteiger partial charge in [-0.15, -0.1) is 0 Å². The second-order valence-electron chi connectivity index (χ2n) is 11.0. The van der Waals surface area contributed by atoms with Crippen LogP contribution in [0.3, 0.4) is 0 Å². The number of aryl methyl sites for hydroxylation is 3. The molecule has 5 nitrogen and oxygen atoms in total. The van der Waals surface area contributed by atoms with Gasteiger partial charge in [0, 0.05) is 50.5 Å². The second kappa shape index (κ2) is 11.3. The Morgan fingerprint density at radius 2 is 1.58 bits per heavy atom.